The van der Waals surface area contributed by atoms with Crippen molar-refractivity contribution in [2.45, 2.75) is 27.2 Å². The highest BCUT2D eigenvalue weighted by atomic mass is 32.1. The smallest absolute Gasteiger partial charge is 0.409 e. The number of carbonyl (C=O) groups excluding carboxylic acids is 2. The van der Waals surface area contributed by atoms with Crippen LogP contribution in [0.4, 0.5) is 4.79 Å². The lowest BCUT2D eigenvalue weighted by atomic mass is 10.2. The number of para-hydroxylation sites is 1. The van der Waals surface area contributed by atoms with Gasteiger partial charge in [-0.05, 0) is 25.0 Å². The number of carbonyl (C=O) groups is 2. The third-order valence-corrected chi connectivity index (χ3v) is 5.66. The fourth-order valence-electron chi connectivity index (χ4n) is 3.17. The Bertz CT molecular complexity index is 860. The normalized spacial score (nSPS) is 14.1. The number of hydrogen-bond donors (Lipinski definition) is 0. The van der Waals surface area contributed by atoms with E-state index in [1.165, 1.54) is 11.3 Å². The summed E-state index contributed by atoms with van der Waals surface area (Å²) in [4.78, 5) is 32.9. The molecule has 1 aliphatic rings. The maximum atomic E-state index is 12.7. The molecule has 0 bridgehead atoms. The first-order valence-electron chi connectivity index (χ1n) is 10.3. The fraction of sp³-hybridized carbons (Fsp3) is 0.500. The standard InChI is InChI=1S/C22H29N3O4S/c1-4-28-19-8-6-5-7-18(19)21-23-17(15-30-21)13-20(26)24-9-11-25(12-10-24)22(27)29-14-16(2)3/h5-8,15-16H,4,9-14H2,1-3H3. The number of hydrogen-bond acceptors (Lipinski definition) is 6. The number of ether oxygens (including phenoxy) is 2. The van der Waals surface area contributed by atoms with Gasteiger partial charge < -0.3 is 19.3 Å². The Morgan fingerprint density at radius 2 is 1.83 bits per heavy atom. The van der Waals surface area contributed by atoms with Gasteiger partial charge in [0, 0.05) is 31.6 Å². The number of benzene rings is 1. The largest absolute Gasteiger partial charge is 0.493 e. The van der Waals surface area contributed by atoms with Crippen molar-refractivity contribution in [2.24, 2.45) is 5.92 Å². The Kier molecular flexibility index (Phi) is 7.68. The van der Waals surface area contributed by atoms with Crippen LogP contribution in [-0.2, 0) is 16.0 Å². The van der Waals surface area contributed by atoms with Gasteiger partial charge in [-0.1, -0.05) is 26.0 Å². The molecule has 1 saturated heterocycles. The summed E-state index contributed by atoms with van der Waals surface area (Å²) < 4.78 is 11.0. The first kappa shape index (κ1) is 22.1. The molecule has 0 radical (unpaired) electrons. The summed E-state index contributed by atoms with van der Waals surface area (Å²) in [5.41, 5.74) is 1.70. The maximum Gasteiger partial charge on any atom is 0.409 e. The van der Waals surface area contributed by atoms with Crippen LogP contribution in [0.2, 0.25) is 0 Å². The van der Waals surface area contributed by atoms with Crippen LogP contribution in [0.5, 0.6) is 5.75 Å². The van der Waals surface area contributed by atoms with Gasteiger partial charge in [0.05, 0.1) is 30.9 Å². The molecule has 0 spiro atoms. The first-order valence-corrected chi connectivity index (χ1v) is 11.2. The van der Waals surface area contributed by atoms with E-state index in [0.29, 0.717) is 45.3 Å². The highest BCUT2D eigenvalue weighted by Crippen LogP contribution is 2.32. The molecule has 30 heavy (non-hydrogen) atoms. The summed E-state index contributed by atoms with van der Waals surface area (Å²) in [6.45, 7) is 8.97. The van der Waals surface area contributed by atoms with Crippen molar-refractivity contribution in [1.82, 2.24) is 14.8 Å². The highest BCUT2D eigenvalue weighted by Gasteiger charge is 2.25. The number of piperazine rings is 1. The average molecular weight is 432 g/mol. The number of rotatable bonds is 7. The van der Waals surface area contributed by atoms with Gasteiger partial charge >= 0.3 is 6.09 Å². The summed E-state index contributed by atoms with van der Waals surface area (Å²) in [5, 5.41) is 2.77. The Hall–Kier alpha value is -2.61. The van der Waals surface area contributed by atoms with Gasteiger partial charge in [-0.2, -0.15) is 0 Å². The number of nitrogens with zero attached hydrogens (tertiary/aromatic N) is 3. The molecule has 0 atom stereocenters. The van der Waals surface area contributed by atoms with E-state index in [0.717, 1.165) is 22.0 Å². The van der Waals surface area contributed by atoms with Crippen molar-refractivity contribution >= 4 is 23.3 Å². The van der Waals surface area contributed by atoms with E-state index in [4.69, 9.17) is 9.47 Å². The van der Waals surface area contributed by atoms with E-state index in [1.54, 1.807) is 9.80 Å². The molecule has 7 nitrogen and oxygen atoms in total. The molecule has 1 aromatic heterocycles. The predicted octanol–water partition coefficient (Wildman–Crippen LogP) is 3.69. The van der Waals surface area contributed by atoms with Gasteiger partial charge in [0.15, 0.2) is 0 Å². The Balaban J connectivity index is 1.54. The molecule has 0 N–H and O–H groups in total. The topological polar surface area (TPSA) is 72.0 Å². The van der Waals surface area contributed by atoms with Gasteiger partial charge in [0.25, 0.3) is 0 Å². The lowest BCUT2D eigenvalue weighted by Gasteiger charge is -2.34. The summed E-state index contributed by atoms with van der Waals surface area (Å²) in [6.07, 6.45) is -0.0432. The lowest BCUT2D eigenvalue weighted by molar-refractivity contribution is -0.132. The molecular formula is C22H29N3O4S. The summed E-state index contributed by atoms with van der Waals surface area (Å²) >= 11 is 1.51. The zero-order valence-corrected chi connectivity index (χ0v) is 18.6. The van der Waals surface area contributed by atoms with Crippen molar-refractivity contribution in [3.8, 4) is 16.3 Å². The molecule has 2 heterocycles. The molecule has 0 saturated carbocycles. The summed E-state index contributed by atoms with van der Waals surface area (Å²) in [7, 11) is 0. The molecule has 0 unspecified atom stereocenters. The zero-order chi connectivity index (χ0) is 21.5. The number of amides is 2. The maximum absolute atomic E-state index is 12.7. The van der Waals surface area contributed by atoms with Crippen LogP contribution in [0.1, 0.15) is 26.5 Å². The van der Waals surface area contributed by atoms with Crippen molar-refractivity contribution in [3.63, 3.8) is 0 Å². The van der Waals surface area contributed by atoms with Crippen LogP contribution in [0.3, 0.4) is 0 Å². The van der Waals surface area contributed by atoms with Crippen molar-refractivity contribution in [1.29, 1.82) is 0 Å². The minimum Gasteiger partial charge on any atom is -0.493 e. The molecular weight excluding hydrogens is 402 g/mol. The van der Waals surface area contributed by atoms with Crippen LogP contribution in [-0.4, -0.2) is 66.2 Å². The summed E-state index contributed by atoms with van der Waals surface area (Å²) in [5.74, 6) is 1.13. The van der Waals surface area contributed by atoms with E-state index in [-0.39, 0.29) is 18.4 Å². The van der Waals surface area contributed by atoms with Gasteiger partial charge in [-0.25, -0.2) is 9.78 Å². The average Bonchev–Trinajstić information content (AvgIpc) is 3.21. The quantitative estimate of drug-likeness (QED) is 0.669. The van der Waals surface area contributed by atoms with Crippen molar-refractivity contribution < 1.29 is 19.1 Å². The monoisotopic (exact) mass is 431 g/mol. The molecule has 1 aromatic carbocycles. The van der Waals surface area contributed by atoms with Crippen LogP contribution in [0.15, 0.2) is 29.6 Å². The van der Waals surface area contributed by atoms with E-state index < -0.39 is 0 Å². The zero-order valence-electron chi connectivity index (χ0n) is 17.8. The first-order chi connectivity index (χ1) is 14.5. The second-order valence-corrected chi connectivity index (χ2v) is 8.45. The van der Waals surface area contributed by atoms with Gasteiger partial charge in [0.2, 0.25) is 5.91 Å². The second kappa shape index (κ2) is 10.4. The van der Waals surface area contributed by atoms with Crippen molar-refractivity contribution in [3.05, 3.63) is 35.3 Å². The van der Waals surface area contributed by atoms with Crippen LogP contribution >= 0.6 is 11.3 Å². The van der Waals surface area contributed by atoms with E-state index in [2.05, 4.69) is 4.98 Å². The molecule has 162 valence electrons. The minimum atomic E-state index is -0.298. The van der Waals surface area contributed by atoms with Gasteiger partial charge in [-0.3, -0.25) is 4.79 Å². The Morgan fingerprint density at radius 1 is 1.13 bits per heavy atom. The SMILES string of the molecule is CCOc1ccccc1-c1nc(CC(=O)N2CCN(C(=O)OCC(C)C)CC2)cs1. The molecule has 2 amide bonds. The molecule has 1 fully saturated rings. The fourth-order valence-corrected chi connectivity index (χ4v) is 4.02. The molecule has 8 heteroatoms. The molecule has 0 aliphatic carbocycles. The molecule has 1 aliphatic heterocycles. The Morgan fingerprint density at radius 3 is 2.53 bits per heavy atom. The van der Waals surface area contributed by atoms with Crippen LogP contribution in [0, 0.1) is 5.92 Å². The third kappa shape index (κ3) is 5.72. The predicted molar refractivity (Wildman–Crippen MR) is 117 cm³/mol. The minimum absolute atomic E-state index is 0.0279. The lowest BCUT2D eigenvalue weighted by Crippen LogP contribution is -2.51. The molecule has 2 aromatic rings. The number of thiazole rings is 1. The third-order valence-electron chi connectivity index (χ3n) is 4.73. The Labute approximate surface area is 181 Å². The molecule has 3 rings (SSSR count). The van der Waals surface area contributed by atoms with Crippen LogP contribution < -0.4 is 4.74 Å². The number of aromatic nitrogens is 1. The van der Waals surface area contributed by atoms with Crippen molar-refractivity contribution in [2.75, 3.05) is 39.4 Å². The van der Waals surface area contributed by atoms with Gasteiger partial charge in [-0.15, -0.1) is 11.3 Å². The summed E-state index contributed by atoms with van der Waals surface area (Å²) in [6, 6.07) is 7.80. The van der Waals surface area contributed by atoms with E-state index >= 15 is 0 Å². The van der Waals surface area contributed by atoms with E-state index in [1.807, 2.05) is 50.4 Å². The highest BCUT2D eigenvalue weighted by molar-refractivity contribution is 7.13. The van der Waals surface area contributed by atoms with Crippen LogP contribution in [0.25, 0.3) is 10.6 Å². The van der Waals surface area contributed by atoms with E-state index in [9.17, 15) is 9.59 Å². The second-order valence-electron chi connectivity index (χ2n) is 7.59. The van der Waals surface area contributed by atoms with Gasteiger partial charge in [0.1, 0.15) is 10.8 Å².